The second-order valence-electron chi connectivity index (χ2n) is 6.47. The van der Waals surface area contributed by atoms with Crippen LogP contribution in [-0.2, 0) is 4.74 Å². The maximum Gasteiger partial charge on any atom is 0.522 e. The highest BCUT2D eigenvalue weighted by molar-refractivity contribution is 4.94. The summed E-state index contributed by atoms with van der Waals surface area (Å²) in [6, 6.07) is 2.11. The molecule has 21 heavy (non-hydrogen) atoms. The maximum atomic E-state index is 14.2. The Morgan fingerprint density at radius 1 is 1.10 bits per heavy atom. The molecular weight excluding hydrogens is 286 g/mol. The average Bonchev–Trinajstić information content (AvgIpc) is 2.39. The molecule has 0 spiro atoms. The summed E-state index contributed by atoms with van der Waals surface area (Å²) >= 11 is 0. The van der Waals surface area contributed by atoms with Crippen molar-refractivity contribution in [3.63, 3.8) is 0 Å². The minimum absolute atomic E-state index is 0.108. The molecule has 0 N–H and O–H groups in total. The van der Waals surface area contributed by atoms with Crippen molar-refractivity contribution >= 4 is 0 Å². The second-order valence-corrected chi connectivity index (χ2v) is 6.47. The van der Waals surface area contributed by atoms with Crippen molar-refractivity contribution in [3.05, 3.63) is 0 Å². The smallest absolute Gasteiger partial charge is 0.288 e. The molecule has 0 bridgehead atoms. The molecule has 0 radical (unpaired) electrons. The van der Waals surface area contributed by atoms with Crippen LogP contribution in [0.15, 0.2) is 0 Å². The molecule has 6 heteroatoms. The predicted molar refractivity (Wildman–Crippen MR) is 68.8 cm³/mol. The molecule has 2 rings (SSSR count). The first-order valence-corrected chi connectivity index (χ1v) is 7.58. The Labute approximate surface area is 122 Å². The van der Waals surface area contributed by atoms with E-state index in [1.165, 1.54) is 0 Å². The second kappa shape index (κ2) is 6.51. The summed E-state index contributed by atoms with van der Waals surface area (Å²) in [5.74, 6) is -0.420. The molecule has 6 atom stereocenters. The number of hydrogen-bond acceptors (Lipinski definition) is 2. The van der Waals surface area contributed by atoms with Crippen LogP contribution in [0, 0.1) is 35.0 Å². The summed E-state index contributed by atoms with van der Waals surface area (Å²) in [6.45, 7) is 1.75. The van der Waals surface area contributed by atoms with Gasteiger partial charge in [0.15, 0.2) is 0 Å². The lowest BCUT2D eigenvalue weighted by molar-refractivity contribution is -0.351. The van der Waals surface area contributed by atoms with Crippen molar-refractivity contribution in [2.24, 2.45) is 23.7 Å². The molecule has 2 fully saturated rings. The van der Waals surface area contributed by atoms with E-state index in [1.54, 1.807) is 6.92 Å². The van der Waals surface area contributed by atoms with Crippen LogP contribution < -0.4 is 0 Å². The van der Waals surface area contributed by atoms with E-state index in [9.17, 15) is 17.6 Å². The largest absolute Gasteiger partial charge is 0.522 e. The van der Waals surface area contributed by atoms with Gasteiger partial charge in [-0.15, -0.1) is 13.2 Å². The van der Waals surface area contributed by atoms with Crippen molar-refractivity contribution < 1.29 is 22.3 Å². The zero-order valence-corrected chi connectivity index (χ0v) is 12.1. The van der Waals surface area contributed by atoms with E-state index in [2.05, 4.69) is 10.8 Å². The first kappa shape index (κ1) is 16.5. The monoisotopic (exact) mass is 307 g/mol. The number of halogens is 4. The molecule has 0 amide bonds. The van der Waals surface area contributed by atoms with Gasteiger partial charge in [-0.05, 0) is 56.3 Å². The molecule has 120 valence electrons. The Balaban J connectivity index is 1.89. The van der Waals surface area contributed by atoms with Gasteiger partial charge in [0.05, 0.1) is 12.2 Å². The van der Waals surface area contributed by atoms with Gasteiger partial charge in [-0.1, -0.05) is 6.92 Å². The lowest BCUT2D eigenvalue weighted by atomic mass is 9.67. The summed E-state index contributed by atoms with van der Waals surface area (Å²) in [4.78, 5) is 0. The van der Waals surface area contributed by atoms with Crippen LogP contribution in [0.3, 0.4) is 0 Å². The Kier molecular flexibility index (Phi) is 5.13. The molecular formula is C15H21F4NO. The van der Waals surface area contributed by atoms with Crippen molar-refractivity contribution in [1.29, 1.82) is 5.26 Å². The van der Waals surface area contributed by atoms with Crippen molar-refractivity contribution in [3.8, 4) is 6.07 Å². The lowest BCUT2D eigenvalue weighted by Gasteiger charge is -2.41. The quantitative estimate of drug-likeness (QED) is 0.698. The summed E-state index contributed by atoms with van der Waals surface area (Å²) in [6.07, 6.45) is -3.28. The van der Waals surface area contributed by atoms with Gasteiger partial charge >= 0.3 is 6.36 Å². The highest BCUT2D eigenvalue weighted by Gasteiger charge is 2.42. The fourth-order valence-corrected chi connectivity index (χ4v) is 3.93. The fourth-order valence-electron chi connectivity index (χ4n) is 3.93. The normalized spacial score (nSPS) is 41.5. The highest BCUT2D eigenvalue weighted by Crippen LogP contribution is 2.44. The number of rotatable bonds is 2. The third-order valence-electron chi connectivity index (χ3n) is 5.03. The zero-order valence-electron chi connectivity index (χ0n) is 12.1. The van der Waals surface area contributed by atoms with E-state index in [0.29, 0.717) is 32.1 Å². The standard InChI is InChI=1S/C15H21F4NO/c1-9-6-11(3-5-14(9)21-15(17,18)19)12-4-2-10(8-20)7-13(12)16/h9-14H,2-7H2,1H3. The van der Waals surface area contributed by atoms with Crippen LogP contribution >= 0.6 is 0 Å². The van der Waals surface area contributed by atoms with Crippen LogP contribution in [0.5, 0.6) is 0 Å². The zero-order chi connectivity index (χ0) is 15.6. The molecule has 0 aromatic carbocycles. The number of alkyl halides is 4. The summed E-state index contributed by atoms with van der Waals surface area (Å²) in [5.41, 5.74) is 0. The molecule has 2 aliphatic carbocycles. The van der Waals surface area contributed by atoms with Gasteiger partial charge in [0, 0.05) is 5.92 Å². The van der Waals surface area contributed by atoms with E-state index >= 15 is 0 Å². The molecule has 0 aromatic rings. The fraction of sp³-hybridized carbons (Fsp3) is 0.933. The van der Waals surface area contributed by atoms with Crippen molar-refractivity contribution in [2.75, 3.05) is 0 Å². The molecule has 2 aliphatic rings. The number of ether oxygens (including phenoxy) is 1. The van der Waals surface area contributed by atoms with Gasteiger partial charge in [0.1, 0.15) is 6.17 Å². The Morgan fingerprint density at radius 3 is 2.33 bits per heavy atom. The SMILES string of the molecule is CC1CC(C2CCC(C#N)CC2F)CCC1OC(F)(F)F. The molecule has 2 saturated carbocycles. The van der Waals surface area contributed by atoms with E-state index in [4.69, 9.17) is 5.26 Å². The first-order chi connectivity index (χ1) is 9.80. The third kappa shape index (κ3) is 4.32. The Bertz CT molecular complexity index is 392. The van der Waals surface area contributed by atoms with Crippen LogP contribution in [0.2, 0.25) is 0 Å². The minimum atomic E-state index is -4.60. The van der Waals surface area contributed by atoms with Gasteiger partial charge in [-0.3, -0.25) is 4.74 Å². The predicted octanol–water partition coefficient (Wildman–Crippen LogP) is 4.61. The van der Waals surface area contributed by atoms with Crippen molar-refractivity contribution in [2.45, 2.75) is 64.1 Å². The van der Waals surface area contributed by atoms with Crippen LogP contribution in [0.1, 0.15) is 45.4 Å². The van der Waals surface area contributed by atoms with Gasteiger partial charge < -0.3 is 0 Å². The van der Waals surface area contributed by atoms with Gasteiger partial charge in [-0.25, -0.2) is 4.39 Å². The van der Waals surface area contributed by atoms with Crippen molar-refractivity contribution in [1.82, 2.24) is 0 Å². The third-order valence-corrected chi connectivity index (χ3v) is 5.03. The molecule has 0 heterocycles. The lowest BCUT2D eigenvalue weighted by Crippen LogP contribution is -2.39. The number of nitriles is 1. The van der Waals surface area contributed by atoms with E-state index in [1.807, 2.05) is 0 Å². The average molecular weight is 307 g/mol. The topological polar surface area (TPSA) is 33.0 Å². The molecule has 2 nitrogen and oxygen atoms in total. The molecule has 0 aliphatic heterocycles. The summed E-state index contributed by atoms with van der Waals surface area (Å²) < 4.78 is 55.2. The van der Waals surface area contributed by atoms with E-state index in [-0.39, 0.29) is 30.1 Å². The molecule has 0 aromatic heterocycles. The van der Waals surface area contributed by atoms with Crippen LogP contribution in [0.25, 0.3) is 0 Å². The molecule has 0 saturated heterocycles. The number of nitrogens with zero attached hydrogens (tertiary/aromatic N) is 1. The maximum absolute atomic E-state index is 14.2. The van der Waals surface area contributed by atoms with Gasteiger partial charge in [-0.2, -0.15) is 5.26 Å². The highest BCUT2D eigenvalue weighted by atomic mass is 19.4. The van der Waals surface area contributed by atoms with Gasteiger partial charge in [0.25, 0.3) is 0 Å². The number of hydrogen-bond donors (Lipinski definition) is 0. The van der Waals surface area contributed by atoms with E-state index < -0.39 is 18.6 Å². The molecule has 6 unspecified atom stereocenters. The van der Waals surface area contributed by atoms with Crippen LogP contribution in [0.4, 0.5) is 17.6 Å². The minimum Gasteiger partial charge on any atom is -0.288 e. The first-order valence-electron chi connectivity index (χ1n) is 7.58. The summed E-state index contributed by atoms with van der Waals surface area (Å²) in [5, 5.41) is 8.85. The van der Waals surface area contributed by atoms with E-state index in [0.717, 1.165) is 0 Å². The van der Waals surface area contributed by atoms with Gasteiger partial charge in [0.2, 0.25) is 0 Å². The van der Waals surface area contributed by atoms with Crippen LogP contribution in [-0.4, -0.2) is 18.6 Å². The Morgan fingerprint density at radius 2 is 1.81 bits per heavy atom. The Hall–Kier alpha value is -0.830. The summed E-state index contributed by atoms with van der Waals surface area (Å²) in [7, 11) is 0.